The van der Waals surface area contributed by atoms with Crippen molar-refractivity contribution in [2.45, 2.75) is 38.8 Å². The Balaban J connectivity index is 1.68. The molecule has 1 aromatic rings. The average molecular weight is 302 g/mol. The molecule has 2 heterocycles. The number of halogens is 1. The van der Waals surface area contributed by atoms with Crippen LogP contribution in [0.5, 0.6) is 0 Å². The van der Waals surface area contributed by atoms with E-state index < -0.39 is 17.4 Å². The first-order valence-corrected chi connectivity index (χ1v) is 7.37. The minimum Gasteiger partial charge on any atom is -0.322 e. The molecule has 22 heavy (non-hydrogen) atoms. The molecule has 1 aromatic carbocycles. The van der Waals surface area contributed by atoms with Gasteiger partial charge in [0.2, 0.25) is 11.8 Å². The third-order valence-electron chi connectivity index (χ3n) is 5.19. The van der Waals surface area contributed by atoms with Crippen molar-refractivity contribution in [2.75, 3.05) is 0 Å². The number of piperidine rings is 1. The molecule has 1 unspecified atom stereocenters. The van der Waals surface area contributed by atoms with Crippen LogP contribution in [0.2, 0.25) is 0 Å². The van der Waals surface area contributed by atoms with Crippen molar-refractivity contribution >= 4 is 17.7 Å². The molecular weight excluding hydrogens is 287 g/mol. The minimum absolute atomic E-state index is 0.222. The lowest BCUT2D eigenvalue weighted by Gasteiger charge is -2.33. The van der Waals surface area contributed by atoms with Crippen LogP contribution >= 0.6 is 0 Å². The van der Waals surface area contributed by atoms with Crippen LogP contribution < -0.4 is 5.32 Å². The Hall–Kier alpha value is -2.24. The normalized spacial score (nSPS) is 25.5. The molecule has 3 amide bonds. The van der Waals surface area contributed by atoms with Crippen LogP contribution in [0.3, 0.4) is 0 Å². The highest BCUT2D eigenvalue weighted by atomic mass is 19.1. The smallest absolute Gasteiger partial charge is 0.255 e. The Labute approximate surface area is 126 Å². The second-order valence-corrected chi connectivity index (χ2v) is 6.45. The van der Waals surface area contributed by atoms with Gasteiger partial charge in [0, 0.05) is 12.1 Å². The fourth-order valence-corrected chi connectivity index (χ4v) is 3.50. The Bertz CT molecular complexity index is 739. The van der Waals surface area contributed by atoms with E-state index >= 15 is 0 Å². The van der Waals surface area contributed by atoms with Crippen LogP contribution in [0.1, 0.15) is 40.7 Å². The van der Waals surface area contributed by atoms with Crippen molar-refractivity contribution < 1.29 is 18.8 Å². The first-order valence-electron chi connectivity index (χ1n) is 7.37. The number of hydrogen-bond donors (Lipinski definition) is 1. The number of hydrogen-bond acceptors (Lipinski definition) is 3. The number of nitrogens with zero attached hydrogens (tertiary/aromatic N) is 1. The maximum atomic E-state index is 13.7. The standard InChI is InChI=1S/C16H15FN2O3/c1-8-10-7-19(14(21)9(10)2-3-11(8)17)12-6-16(4-5-16)15(22)18-13(12)20/h2-3,12H,4-7H2,1H3,(H,18,20,22). The van der Waals surface area contributed by atoms with E-state index in [0.717, 1.165) is 12.8 Å². The zero-order chi connectivity index (χ0) is 15.6. The van der Waals surface area contributed by atoms with Gasteiger partial charge in [-0.15, -0.1) is 0 Å². The molecular formula is C16H15FN2O3. The van der Waals surface area contributed by atoms with E-state index in [9.17, 15) is 18.8 Å². The molecule has 2 aliphatic heterocycles. The predicted octanol–water partition coefficient (Wildman–Crippen LogP) is 1.29. The molecule has 0 bridgehead atoms. The monoisotopic (exact) mass is 302 g/mol. The van der Waals surface area contributed by atoms with Gasteiger partial charge in [-0.1, -0.05) is 0 Å². The topological polar surface area (TPSA) is 66.5 Å². The van der Waals surface area contributed by atoms with Crippen LogP contribution in [0.15, 0.2) is 12.1 Å². The van der Waals surface area contributed by atoms with E-state index in [1.165, 1.54) is 17.0 Å². The SMILES string of the molecule is Cc1c(F)ccc2c1CN(C1CC3(CC3)C(=O)NC1=O)C2=O. The lowest BCUT2D eigenvalue weighted by molar-refractivity contribution is -0.141. The van der Waals surface area contributed by atoms with E-state index in [1.807, 2.05) is 0 Å². The summed E-state index contributed by atoms with van der Waals surface area (Å²) in [5.74, 6) is -1.26. The molecule has 4 rings (SSSR count). The van der Waals surface area contributed by atoms with Gasteiger partial charge in [-0.3, -0.25) is 19.7 Å². The van der Waals surface area contributed by atoms with Crippen LogP contribution in [-0.4, -0.2) is 28.7 Å². The van der Waals surface area contributed by atoms with Gasteiger partial charge in [0.05, 0.1) is 5.41 Å². The largest absolute Gasteiger partial charge is 0.322 e. The molecule has 1 atom stereocenters. The summed E-state index contributed by atoms with van der Waals surface area (Å²) < 4.78 is 13.7. The predicted molar refractivity (Wildman–Crippen MR) is 74.2 cm³/mol. The third-order valence-corrected chi connectivity index (χ3v) is 5.19. The molecule has 1 aliphatic carbocycles. The number of imide groups is 1. The Morgan fingerprint density at radius 3 is 2.68 bits per heavy atom. The summed E-state index contributed by atoms with van der Waals surface area (Å²) in [5, 5.41) is 2.39. The molecule has 0 aromatic heterocycles. The molecule has 5 nitrogen and oxygen atoms in total. The van der Waals surface area contributed by atoms with Gasteiger partial charge < -0.3 is 4.90 Å². The molecule has 1 saturated heterocycles. The van der Waals surface area contributed by atoms with Crippen molar-refractivity contribution in [1.29, 1.82) is 0 Å². The van der Waals surface area contributed by atoms with E-state index in [4.69, 9.17) is 0 Å². The number of benzene rings is 1. The van der Waals surface area contributed by atoms with E-state index in [-0.39, 0.29) is 24.2 Å². The first-order chi connectivity index (χ1) is 10.4. The molecule has 114 valence electrons. The van der Waals surface area contributed by atoms with Gasteiger partial charge in [0.1, 0.15) is 11.9 Å². The zero-order valence-electron chi connectivity index (χ0n) is 12.1. The summed E-state index contributed by atoms with van der Waals surface area (Å²) in [6, 6.07) is 2.10. The molecule has 0 radical (unpaired) electrons. The van der Waals surface area contributed by atoms with Crippen molar-refractivity contribution in [2.24, 2.45) is 5.41 Å². The maximum Gasteiger partial charge on any atom is 0.255 e. The first kappa shape index (κ1) is 13.4. The van der Waals surface area contributed by atoms with Crippen LogP contribution in [-0.2, 0) is 16.1 Å². The number of carbonyl (C=O) groups is 3. The highest BCUT2D eigenvalue weighted by molar-refractivity contribution is 6.07. The minimum atomic E-state index is -0.650. The summed E-state index contributed by atoms with van der Waals surface area (Å²) in [6.07, 6.45) is 1.88. The molecule has 2 fully saturated rings. The van der Waals surface area contributed by atoms with Crippen molar-refractivity contribution in [1.82, 2.24) is 10.2 Å². The van der Waals surface area contributed by atoms with Gasteiger partial charge in [-0.05, 0) is 49.4 Å². The van der Waals surface area contributed by atoms with Crippen LogP contribution in [0.4, 0.5) is 4.39 Å². The lowest BCUT2D eigenvalue weighted by Crippen LogP contribution is -2.56. The number of carbonyl (C=O) groups excluding carboxylic acids is 3. The van der Waals surface area contributed by atoms with Crippen molar-refractivity contribution in [3.05, 3.63) is 34.6 Å². The van der Waals surface area contributed by atoms with Gasteiger partial charge in [-0.25, -0.2) is 4.39 Å². The second kappa shape index (κ2) is 4.15. The Kier molecular flexibility index (Phi) is 2.53. The number of fused-ring (bicyclic) bond motifs is 1. The van der Waals surface area contributed by atoms with Crippen molar-refractivity contribution in [3.63, 3.8) is 0 Å². The maximum absolute atomic E-state index is 13.7. The fraction of sp³-hybridized carbons (Fsp3) is 0.438. The molecule has 1 saturated carbocycles. The number of amides is 3. The molecule has 1 spiro atoms. The van der Waals surface area contributed by atoms with Crippen LogP contribution in [0, 0.1) is 18.2 Å². The van der Waals surface area contributed by atoms with Gasteiger partial charge >= 0.3 is 0 Å². The third kappa shape index (κ3) is 1.66. The number of rotatable bonds is 1. The Morgan fingerprint density at radius 2 is 2.00 bits per heavy atom. The number of nitrogens with one attached hydrogen (secondary N) is 1. The molecule has 3 aliphatic rings. The molecule has 6 heteroatoms. The average Bonchev–Trinajstić information content (AvgIpc) is 3.18. The van der Waals surface area contributed by atoms with Crippen LogP contribution in [0.25, 0.3) is 0 Å². The van der Waals surface area contributed by atoms with Crippen molar-refractivity contribution in [3.8, 4) is 0 Å². The second-order valence-electron chi connectivity index (χ2n) is 6.45. The highest BCUT2D eigenvalue weighted by Gasteiger charge is 2.57. The van der Waals surface area contributed by atoms with E-state index in [0.29, 0.717) is 23.1 Å². The summed E-state index contributed by atoms with van der Waals surface area (Å²) in [6.45, 7) is 1.86. The Morgan fingerprint density at radius 1 is 1.27 bits per heavy atom. The van der Waals surface area contributed by atoms with Gasteiger partial charge in [0.15, 0.2) is 0 Å². The fourth-order valence-electron chi connectivity index (χ4n) is 3.50. The quantitative estimate of drug-likeness (QED) is 0.795. The van der Waals surface area contributed by atoms with E-state index in [2.05, 4.69) is 5.32 Å². The lowest BCUT2D eigenvalue weighted by atomic mass is 9.90. The highest BCUT2D eigenvalue weighted by Crippen LogP contribution is 2.52. The van der Waals surface area contributed by atoms with Gasteiger partial charge in [-0.2, -0.15) is 0 Å². The molecule has 1 N–H and O–H groups in total. The summed E-state index contributed by atoms with van der Waals surface area (Å²) in [7, 11) is 0. The van der Waals surface area contributed by atoms with Gasteiger partial charge in [0.25, 0.3) is 5.91 Å². The zero-order valence-corrected chi connectivity index (χ0v) is 12.1. The summed E-state index contributed by atoms with van der Waals surface area (Å²) in [4.78, 5) is 38.0. The van der Waals surface area contributed by atoms with E-state index in [1.54, 1.807) is 6.92 Å². The summed E-state index contributed by atoms with van der Waals surface area (Å²) in [5.41, 5.74) is 1.06. The summed E-state index contributed by atoms with van der Waals surface area (Å²) >= 11 is 0.